The monoisotopic (exact) mass is 467 g/mol. The van der Waals surface area contributed by atoms with E-state index in [4.69, 9.17) is 14.5 Å². The van der Waals surface area contributed by atoms with E-state index in [1.54, 1.807) is 37.3 Å². The maximum atomic E-state index is 13.1. The van der Waals surface area contributed by atoms with Crippen molar-refractivity contribution in [3.05, 3.63) is 48.0 Å². The van der Waals surface area contributed by atoms with Gasteiger partial charge in [0.25, 0.3) is 0 Å². The van der Waals surface area contributed by atoms with Crippen molar-refractivity contribution in [2.75, 3.05) is 19.5 Å². The Morgan fingerprint density at radius 2 is 1.82 bits per heavy atom. The molecule has 7 nitrogen and oxygen atoms in total. The second-order valence-electron chi connectivity index (χ2n) is 8.51. The third-order valence-electron chi connectivity index (χ3n) is 5.70. The highest BCUT2D eigenvalue weighted by Gasteiger charge is 2.46. The van der Waals surface area contributed by atoms with Crippen molar-refractivity contribution in [2.24, 2.45) is 4.99 Å². The van der Waals surface area contributed by atoms with Crippen LogP contribution in [-0.2, 0) is 9.59 Å². The third-order valence-corrected chi connectivity index (χ3v) is 6.85. The van der Waals surface area contributed by atoms with Crippen LogP contribution in [0.4, 0.5) is 11.4 Å². The SMILES string of the molecule is COc1ccc(NC(=O)CC2SC(=Nc3ccc(C(C)C)cc3)N(C3CC3)C2=O)cc1OC. The smallest absolute Gasteiger partial charge is 0.242 e. The van der Waals surface area contributed by atoms with E-state index in [9.17, 15) is 9.59 Å². The molecular formula is C25H29N3O4S. The molecule has 2 aromatic carbocycles. The normalized spacial score (nSPS) is 19.3. The Kier molecular flexibility index (Phi) is 6.93. The molecule has 1 aliphatic heterocycles. The molecule has 1 saturated carbocycles. The number of carbonyl (C=O) groups excluding carboxylic acids is 2. The van der Waals surface area contributed by atoms with Gasteiger partial charge in [-0.2, -0.15) is 0 Å². The van der Waals surface area contributed by atoms with Crippen molar-refractivity contribution < 1.29 is 19.1 Å². The van der Waals surface area contributed by atoms with E-state index in [2.05, 4.69) is 31.3 Å². The maximum Gasteiger partial charge on any atom is 0.242 e. The van der Waals surface area contributed by atoms with Gasteiger partial charge in [-0.05, 0) is 48.6 Å². The van der Waals surface area contributed by atoms with Gasteiger partial charge in [-0.3, -0.25) is 14.5 Å². The Balaban J connectivity index is 1.46. The molecule has 0 spiro atoms. The molecule has 2 amide bonds. The zero-order chi connectivity index (χ0) is 23.5. The summed E-state index contributed by atoms with van der Waals surface area (Å²) in [4.78, 5) is 32.4. The van der Waals surface area contributed by atoms with Gasteiger partial charge in [-0.15, -0.1) is 0 Å². The fraction of sp³-hybridized carbons (Fsp3) is 0.400. The molecule has 1 atom stereocenters. The highest BCUT2D eigenvalue weighted by molar-refractivity contribution is 8.15. The summed E-state index contributed by atoms with van der Waals surface area (Å²) in [6, 6.07) is 13.5. The Hall–Kier alpha value is -3.00. The number of ether oxygens (including phenoxy) is 2. The van der Waals surface area contributed by atoms with Gasteiger partial charge in [-0.1, -0.05) is 37.7 Å². The van der Waals surface area contributed by atoms with Crippen LogP contribution in [0, 0.1) is 0 Å². The van der Waals surface area contributed by atoms with Crippen molar-refractivity contribution in [3.63, 3.8) is 0 Å². The summed E-state index contributed by atoms with van der Waals surface area (Å²) in [5, 5.41) is 3.06. The number of nitrogens with zero attached hydrogens (tertiary/aromatic N) is 2. The van der Waals surface area contributed by atoms with Crippen LogP contribution in [-0.4, -0.2) is 47.4 Å². The molecule has 8 heteroatoms. The first-order valence-corrected chi connectivity index (χ1v) is 12.0. The molecule has 1 aliphatic carbocycles. The highest BCUT2D eigenvalue weighted by Crippen LogP contribution is 2.39. The number of hydrogen-bond donors (Lipinski definition) is 1. The van der Waals surface area contributed by atoms with Gasteiger partial charge in [-0.25, -0.2) is 4.99 Å². The number of thioether (sulfide) groups is 1. The maximum absolute atomic E-state index is 13.1. The summed E-state index contributed by atoms with van der Waals surface area (Å²) in [6.07, 6.45) is 2.02. The third kappa shape index (κ3) is 5.33. The average Bonchev–Trinajstić information content (AvgIpc) is 3.59. The number of methoxy groups -OCH3 is 2. The van der Waals surface area contributed by atoms with Gasteiger partial charge in [0.05, 0.1) is 19.9 Å². The molecule has 2 aromatic rings. The van der Waals surface area contributed by atoms with Crippen LogP contribution in [0.2, 0.25) is 0 Å². The molecule has 2 fully saturated rings. The first-order valence-electron chi connectivity index (χ1n) is 11.1. The lowest BCUT2D eigenvalue weighted by Gasteiger charge is -2.15. The fourth-order valence-electron chi connectivity index (χ4n) is 3.70. The summed E-state index contributed by atoms with van der Waals surface area (Å²) in [5.41, 5.74) is 2.65. The Bertz CT molecular complexity index is 1060. The first kappa shape index (κ1) is 23.2. The van der Waals surface area contributed by atoms with Gasteiger partial charge in [0, 0.05) is 24.2 Å². The summed E-state index contributed by atoms with van der Waals surface area (Å²) in [6.45, 7) is 4.30. The van der Waals surface area contributed by atoms with Gasteiger partial charge in [0.1, 0.15) is 5.25 Å². The van der Waals surface area contributed by atoms with Gasteiger partial charge in [0.15, 0.2) is 16.7 Å². The van der Waals surface area contributed by atoms with Crippen molar-refractivity contribution >= 4 is 40.1 Å². The number of rotatable bonds is 8. The molecule has 33 heavy (non-hydrogen) atoms. The topological polar surface area (TPSA) is 80.2 Å². The summed E-state index contributed by atoms with van der Waals surface area (Å²) >= 11 is 1.37. The van der Waals surface area contributed by atoms with Crippen LogP contribution in [0.5, 0.6) is 11.5 Å². The van der Waals surface area contributed by atoms with Crippen LogP contribution < -0.4 is 14.8 Å². The lowest BCUT2D eigenvalue weighted by molar-refractivity contribution is -0.128. The lowest BCUT2D eigenvalue weighted by atomic mass is 10.0. The van der Waals surface area contributed by atoms with E-state index in [1.165, 1.54) is 17.3 Å². The number of benzene rings is 2. The van der Waals surface area contributed by atoms with Crippen LogP contribution in [0.1, 0.15) is 44.6 Å². The molecular weight excluding hydrogens is 438 g/mol. The van der Waals surface area contributed by atoms with E-state index in [0.717, 1.165) is 18.5 Å². The second-order valence-corrected chi connectivity index (χ2v) is 9.68. The van der Waals surface area contributed by atoms with Crippen molar-refractivity contribution in [2.45, 2.75) is 50.3 Å². The fourth-order valence-corrected chi connectivity index (χ4v) is 4.91. The summed E-state index contributed by atoms with van der Waals surface area (Å²) < 4.78 is 10.5. The molecule has 2 aliphatic rings. The number of amidine groups is 1. The van der Waals surface area contributed by atoms with Crippen molar-refractivity contribution in [1.82, 2.24) is 4.90 Å². The number of aliphatic imine (C=N–C) groups is 1. The van der Waals surface area contributed by atoms with Gasteiger partial charge in [0.2, 0.25) is 11.8 Å². The Morgan fingerprint density at radius 3 is 2.42 bits per heavy atom. The largest absolute Gasteiger partial charge is 0.493 e. The minimum Gasteiger partial charge on any atom is -0.493 e. The highest BCUT2D eigenvalue weighted by atomic mass is 32.2. The quantitative estimate of drug-likeness (QED) is 0.594. The van der Waals surface area contributed by atoms with E-state index in [1.807, 2.05) is 12.1 Å². The number of hydrogen-bond acceptors (Lipinski definition) is 6. The minimum absolute atomic E-state index is 0.0393. The molecule has 1 unspecified atom stereocenters. The van der Waals surface area contributed by atoms with Crippen molar-refractivity contribution in [3.8, 4) is 11.5 Å². The molecule has 0 radical (unpaired) electrons. The van der Waals surface area contributed by atoms with Crippen LogP contribution in [0.25, 0.3) is 0 Å². The van der Waals surface area contributed by atoms with Gasteiger partial charge >= 0.3 is 0 Å². The number of anilines is 1. The molecule has 0 bridgehead atoms. The lowest BCUT2D eigenvalue weighted by Crippen LogP contribution is -2.35. The standard InChI is InChI=1S/C25H29N3O4S/c1-15(2)16-5-7-17(8-6-16)27-25-28(19-10-11-19)24(30)22(33-25)14-23(29)26-18-9-12-20(31-3)21(13-18)32-4/h5-9,12-13,15,19,22H,10-11,14H2,1-4H3,(H,26,29). The molecule has 174 valence electrons. The van der Waals surface area contributed by atoms with Crippen LogP contribution in [0.15, 0.2) is 47.5 Å². The van der Waals surface area contributed by atoms with Crippen molar-refractivity contribution in [1.29, 1.82) is 0 Å². The Morgan fingerprint density at radius 1 is 1.12 bits per heavy atom. The van der Waals surface area contributed by atoms with E-state index >= 15 is 0 Å². The molecule has 4 rings (SSSR count). The molecule has 1 N–H and O–H groups in total. The van der Waals surface area contributed by atoms with Crippen LogP contribution in [0.3, 0.4) is 0 Å². The van der Waals surface area contributed by atoms with E-state index in [-0.39, 0.29) is 24.3 Å². The molecule has 1 saturated heterocycles. The predicted octanol–water partition coefficient (Wildman–Crippen LogP) is 4.95. The predicted molar refractivity (Wildman–Crippen MR) is 132 cm³/mol. The van der Waals surface area contributed by atoms with E-state index < -0.39 is 5.25 Å². The first-order chi connectivity index (χ1) is 15.9. The summed E-state index contributed by atoms with van der Waals surface area (Å²) in [5.74, 6) is 1.29. The average molecular weight is 468 g/mol. The zero-order valence-electron chi connectivity index (χ0n) is 19.3. The minimum atomic E-state index is -0.487. The molecule has 0 aromatic heterocycles. The molecule has 1 heterocycles. The zero-order valence-corrected chi connectivity index (χ0v) is 20.1. The number of nitrogens with one attached hydrogen (secondary N) is 1. The number of amides is 2. The summed E-state index contributed by atoms with van der Waals surface area (Å²) in [7, 11) is 3.10. The second kappa shape index (κ2) is 9.87. The van der Waals surface area contributed by atoms with Gasteiger partial charge < -0.3 is 14.8 Å². The van der Waals surface area contributed by atoms with E-state index in [0.29, 0.717) is 28.3 Å². The van der Waals surface area contributed by atoms with Crippen LogP contribution >= 0.6 is 11.8 Å². The Labute approximate surface area is 198 Å². The number of carbonyl (C=O) groups is 2.